The van der Waals surface area contributed by atoms with Gasteiger partial charge in [0.05, 0.1) is 22.8 Å². The number of hydrazine groups is 1. The molecule has 4 rings (SSSR count). The summed E-state index contributed by atoms with van der Waals surface area (Å²) in [7, 11) is 0. The van der Waals surface area contributed by atoms with Crippen molar-refractivity contribution in [1.29, 1.82) is 0 Å². The Hall–Kier alpha value is -3.21. The lowest BCUT2D eigenvalue weighted by atomic mass is 10.0. The Kier molecular flexibility index (Phi) is 3.46. The zero-order valence-electron chi connectivity index (χ0n) is 13.2. The molecule has 1 unspecified atom stereocenters. The Morgan fingerprint density at radius 1 is 1.04 bits per heavy atom. The highest BCUT2D eigenvalue weighted by Crippen LogP contribution is 2.32. The molecule has 2 aromatic carbocycles. The highest BCUT2D eigenvalue weighted by Gasteiger charge is 2.28. The van der Waals surface area contributed by atoms with E-state index in [0.717, 1.165) is 27.9 Å². The van der Waals surface area contributed by atoms with Gasteiger partial charge < -0.3 is 0 Å². The van der Waals surface area contributed by atoms with E-state index in [2.05, 4.69) is 21.5 Å². The second-order valence-electron chi connectivity index (χ2n) is 5.70. The number of carbonyl (C=O) groups excluding carboxylic acids is 1. The van der Waals surface area contributed by atoms with Crippen LogP contribution in [0.25, 0.3) is 16.7 Å². The fourth-order valence-corrected chi connectivity index (χ4v) is 2.93. The van der Waals surface area contributed by atoms with Gasteiger partial charge in [0.15, 0.2) is 0 Å². The first kappa shape index (κ1) is 14.4. The van der Waals surface area contributed by atoms with Crippen molar-refractivity contribution in [3.8, 4) is 0 Å². The van der Waals surface area contributed by atoms with Gasteiger partial charge in [-0.25, -0.2) is 5.01 Å². The quantitative estimate of drug-likeness (QED) is 0.789. The molecule has 5 heteroatoms. The molecule has 118 valence electrons. The van der Waals surface area contributed by atoms with Crippen molar-refractivity contribution in [2.75, 3.05) is 0 Å². The topological polar surface area (TPSA) is 58.1 Å². The Balaban J connectivity index is 1.77. The third-order valence-corrected chi connectivity index (χ3v) is 4.10. The number of nitrogens with one attached hydrogen (secondary N) is 1. The Bertz CT molecular complexity index is 936. The van der Waals surface area contributed by atoms with Gasteiger partial charge in [-0.2, -0.15) is 0 Å². The summed E-state index contributed by atoms with van der Waals surface area (Å²) in [6.45, 7) is 1.56. The average Bonchev–Trinajstić information content (AvgIpc) is 3.08. The lowest BCUT2D eigenvalue weighted by molar-refractivity contribution is -0.132. The van der Waals surface area contributed by atoms with Crippen molar-refractivity contribution < 1.29 is 4.79 Å². The number of hydrogen-bond acceptors (Lipinski definition) is 4. The number of carbonyl (C=O) groups is 1. The SMILES string of the molecule is CC(=O)N1NC(c2ccccc2)=CC1c1ccc2nccnc2c1. The molecule has 0 aliphatic carbocycles. The van der Waals surface area contributed by atoms with Crippen molar-refractivity contribution in [3.63, 3.8) is 0 Å². The molecule has 0 saturated carbocycles. The number of benzene rings is 2. The van der Waals surface area contributed by atoms with Crippen molar-refractivity contribution in [2.24, 2.45) is 0 Å². The number of rotatable bonds is 2. The number of nitrogens with zero attached hydrogens (tertiary/aromatic N) is 3. The van der Waals surface area contributed by atoms with E-state index in [1.54, 1.807) is 24.3 Å². The molecule has 1 N–H and O–H groups in total. The molecule has 1 amide bonds. The minimum Gasteiger partial charge on any atom is -0.295 e. The minimum absolute atomic E-state index is 0.0403. The molecular formula is C19H16N4O. The van der Waals surface area contributed by atoms with Crippen LogP contribution in [0.4, 0.5) is 0 Å². The van der Waals surface area contributed by atoms with Crippen LogP contribution in [0.15, 0.2) is 67.0 Å². The third-order valence-electron chi connectivity index (χ3n) is 4.10. The Morgan fingerprint density at radius 2 is 1.79 bits per heavy atom. The second kappa shape index (κ2) is 5.77. The van der Waals surface area contributed by atoms with Gasteiger partial charge in [-0.15, -0.1) is 0 Å². The van der Waals surface area contributed by atoms with Gasteiger partial charge in [0.1, 0.15) is 0 Å². The molecule has 0 fully saturated rings. The third kappa shape index (κ3) is 2.50. The second-order valence-corrected chi connectivity index (χ2v) is 5.70. The average molecular weight is 316 g/mol. The standard InChI is InChI=1S/C19H16N4O/c1-13(24)23-19(12-17(22-23)14-5-3-2-4-6-14)15-7-8-16-18(11-15)21-10-9-20-16/h2-12,19,22H,1H3. The minimum atomic E-state index is -0.177. The van der Waals surface area contributed by atoms with Crippen molar-refractivity contribution >= 4 is 22.6 Å². The van der Waals surface area contributed by atoms with E-state index in [0.29, 0.717) is 0 Å². The van der Waals surface area contributed by atoms with Crippen LogP contribution < -0.4 is 5.43 Å². The molecule has 3 aromatic rings. The summed E-state index contributed by atoms with van der Waals surface area (Å²) in [5.41, 5.74) is 7.84. The molecule has 5 nitrogen and oxygen atoms in total. The van der Waals surface area contributed by atoms with E-state index in [9.17, 15) is 4.79 Å². The Morgan fingerprint density at radius 3 is 2.54 bits per heavy atom. The smallest absolute Gasteiger partial charge is 0.238 e. The summed E-state index contributed by atoms with van der Waals surface area (Å²) in [4.78, 5) is 20.7. The van der Waals surface area contributed by atoms with E-state index in [4.69, 9.17) is 0 Å². The van der Waals surface area contributed by atoms with Gasteiger partial charge in [-0.3, -0.25) is 20.2 Å². The van der Waals surface area contributed by atoms with E-state index >= 15 is 0 Å². The molecule has 0 bridgehead atoms. The molecule has 0 saturated heterocycles. The fraction of sp³-hybridized carbons (Fsp3) is 0.105. The largest absolute Gasteiger partial charge is 0.295 e. The van der Waals surface area contributed by atoms with Gasteiger partial charge in [-0.05, 0) is 29.3 Å². The van der Waals surface area contributed by atoms with E-state index < -0.39 is 0 Å². The van der Waals surface area contributed by atoms with Gasteiger partial charge in [-0.1, -0.05) is 36.4 Å². The molecule has 1 aliphatic heterocycles. The maximum Gasteiger partial charge on any atom is 0.238 e. The predicted molar refractivity (Wildman–Crippen MR) is 92.4 cm³/mol. The molecule has 2 heterocycles. The van der Waals surface area contributed by atoms with E-state index in [1.807, 2.05) is 48.5 Å². The van der Waals surface area contributed by atoms with Crippen LogP contribution in [0.3, 0.4) is 0 Å². The summed E-state index contributed by atoms with van der Waals surface area (Å²) in [6, 6.07) is 15.7. The fourth-order valence-electron chi connectivity index (χ4n) is 2.93. The summed E-state index contributed by atoms with van der Waals surface area (Å²) in [6.07, 6.45) is 5.41. The van der Waals surface area contributed by atoms with Gasteiger partial charge in [0.2, 0.25) is 5.91 Å². The van der Waals surface area contributed by atoms with E-state index in [-0.39, 0.29) is 11.9 Å². The molecular weight excluding hydrogens is 300 g/mol. The summed E-state index contributed by atoms with van der Waals surface area (Å²) in [5, 5.41) is 1.64. The van der Waals surface area contributed by atoms with Crippen LogP contribution in [0.1, 0.15) is 24.1 Å². The summed E-state index contributed by atoms with van der Waals surface area (Å²) >= 11 is 0. The molecule has 0 spiro atoms. The first-order valence-electron chi connectivity index (χ1n) is 7.77. The van der Waals surface area contributed by atoms with Crippen LogP contribution in [0.5, 0.6) is 0 Å². The maximum atomic E-state index is 12.1. The molecule has 0 radical (unpaired) electrons. The van der Waals surface area contributed by atoms with Crippen LogP contribution in [-0.2, 0) is 4.79 Å². The number of aromatic nitrogens is 2. The highest BCUT2D eigenvalue weighted by molar-refractivity contribution is 5.80. The summed E-state index contributed by atoms with van der Waals surface area (Å²) < 4.78 is 0. The maximum absolute atomic E-state index is 12.1. The monoisotopic (exact) mass is 316 g/mol. The normalized spacial score (nSPS) is 16.8. The lowest BCUT2D eigenvalue weighted by Crippen LogP contribution is -2.37. The number of amides is 1. The Labute approximate surface area is 139 Å². The van der Waals surface area contributed by atoms with Crippen molar-refractivity contribution in [2.45, 2.75) is 13.0 Å². The van der Waals surface area contributed by atoms with E-state index in [1.165, 1.54) is 0 Å². The zero-order chi connectivity index (χ0) is 16.5. The number of hydrogen-bond donors (Lipinski definition) is 1. The highest BCUT2D eigenvalue weighted by atomic mass is 16.2. The molecule has 24 heavy (non-hydrogen) atoms. The predicted octanol–water partition coefficient (Wildman–Crippen LogP) is 3.08. The number of fused-ring (bicyclic) bond motifs is 1. The lowest BCUT2D eigenvalue weighted by Gasteiger charge is -2.24. The van der Waals surface area contributed by atoms with Gasteiger partial charge in [0, 0.05) is 19.3 Å². The van der Waals surface area contributed by atoms with Crippen LogP contribution >= 0.6 is 0 Å². The van der Waals surface area contributed by atoms with Crippen LogP contribution in [0, 0.1) is 0 Å². The van der Waals surface area contributed by atoms with Crippen LogP contribution in [-0.4, -0.2) is 20.9 Å². The first-order chi connectivity index (χ1) is 11.7. The van der Waals surface area contributed by atoms with Crippen molar-refractivity contribution in [3.05, 3.63) is 78.1 Å². The van der Waals surface area contributed by atoms with Gasteiger partial charge >= 0.3 is 0 Å². The zero-order valence-corrected chi connectivity index (χ0v) is 13.2. The molecule has 1 aliphatic rings. The molecule has 1 atom stereocenters. The molecule has 1 aromatic heterocycles. The van der Waals surface area contributed by atoms with Crippen molar-refractivity contribution in [1.82, 2.24) is 20.4 Å². The summed E-state index contributed by atoms with van der Waals surface area (Å²) in [5.74, 6) is -0.0403. The van der Waals surface area contributed by atoms with Crippen LogP contribution in [0.2, 0.25) is 0 Å². The van der Waals surface area contributed by atoms with Gasteiger partial charge in [0.25, 0.3) is 0 Å². The first-order valence-corrected chi connectivity index (χ1v) is 7.77.